The molecule has 186 valence electrons. The van der Waals surface area contributed by atoms with Crippen molar-refractivity contribution in [3.63, 3.8) is 0 Å². The fourth-order valence-electron chi connectivity index (χ4n) is 4.17. The smallest absolute Gasteiger partial charge is 0.214 e. The van der Waals surface area contributed by atoms with E-state index in [1.807, 2.05) is 24.5 Å². The number of halogens is 1. The number of alkyl halides is 1. The van der Waals surface area contributed by atoms with Crippen molar-refractivity contribution in [2.45, 2.75) is 45.6 Å². The largest absolute Gasteiger partial charge is 0.494 e. The Morgan fingerprint density at radius 1 is 1.00 bits per heavy atom. The lowest BCUT2D eigenvalue weighted by Gasteiger charge is -2.28. The van der Waals surface area contributed by atoms with Crippen LogP contribution in [0.3, 0.4) is 0 Å². The van der Waals surface area contributed by atoms with Gasteiger partial charge in [0, 0.05) is 36.9 Å². The Balaban J connectivity index is 1.25. The maximum absolute atomic E-state index is 12.5. The molecular weight excluding hydrogens is 482 g/mol. The first-order chi connectivity index (χ1) is 17.0. The standard InChI is InChI=1S/C27H32ClN3O3S/c1-2-21-18-29-27(30-19-21)23-8-6-22(7-9-23)5-3-15-34-26-11-10-25-20-31(14-12-24(25)17-26)35(32,33)16-4-13-28/h6-11,17-19H,2-5,12-16,20H2,1H3. The monoisotopic (exact) mass is 513 g/mol. The molecule has 0 amide bonds. The minimum absolute atomic E-state index is 0.107. The molecule has 0 radical (unpaired) electrons. The molecule has 1 aliphatic rings. The van der Waals surface area contributed by atoms with Gasteiger partial charge in [0.2, 0.25) is 10.0 Å². The Labute approximate surface area is 213 Å². The molecule has 0 spiro atoms. The zero-order valence-electron chi connectivity index (χ0n) is 20.1. The van der Waals surface area contributed by atoms with E-state index in [4.69, 9.17) is 16.3 Å². The molecule has 0 fully saturated rings. The Hall–Kier alpha value is -2.48. The van der Waals surface area contributed by atoms with Crippen LogP contribution in [0.1, 0.15) is 42.0 Å². The van der Waals surface area contributed by atoms with Crippen molar-refractivity contribution in [2.75, 3.05) is 24.8 Å². The number of fused-ring (bicyclic) bond motifs is 1. The van der Waals surface area contributed by atoms with Crippen LogP contribution in [0.5, 0.6) is 5.75 Å². The van der Waals surface area contributed by atoms with Gasteiger partial charge in [-0.05, 0) is 66.5 Å². The van der Waals surface area contributed by atoms with Crippen LogP contribution in [0.4, 0.5) is 0 Å². The fourth-order valence-corrected chi connectivity index (χ4v) is 5.93. The number of hydrogen-bond donors (Lipinski definition) is 0. The summed E-state index contributed by atoms with van der Waals surface area (Å²) >= 11 is 5.67. The van der Waals surface area contributed by atoms with E-state index in [2.05, 4.69) is 47.2 Å². The van der Waals surface area contributed by atoms with Crippen molar-refractivity contribution in [3.05, 3.63) is 77.1 Å². The Kier molecular flexibility index (Phi) is 8.76. The number of aryl methyl sites for hydroxylation is 2. The molecule has 0 N–H and O–H groups in total. The average Bonchev–Trinajstić information content (AvgIpc) is 2.90. The van der Waals surface area contributed by atoms with E-state index < -0.39 is 10.0 Å². The Bertz CT molecular complexity index is 1220. The normalized spacial score (nSPS) is 14.0. The van der Waals surface area contributed by atoms with Crippen LogP contribution < -0.4 is 4.74 Å². The number of aromatic nitrogens is 2. The molecule has 3 aromatic rings. The second-order valence-corrected chi connectivity index (χ2v) is 11.3. The number of hydrogen-bond acceptors (Lipinski definition) is 5. The molecule has 1 aliphatic heterocycles. The molecule has 1 aromatic heterocycles. The van der Waals surface area contributed by atoms with E-state index in [0.29, 0.717) is 38.4 Å². The first-order valence-corrected chi connectivity index (χ1v) is 14.3. The van der Waals surface area contributed by atoms with Crippen LogP contribution >= 0.6 is 11.6 Å². The molecule has 0 saturated carbocycles. The van der Waals surface area contributed by atoms with Gasteiger partial charge < -0.3 is 4.74 Å². The lowest BCUT2D eigenvalue weighted by Crippen LogP contribution is -2.37. The maximum atomic E-state index is 12.5. The first-order valence-electron chi connectivity index (χ1n) is 12.2. The van der Waals surface area contributed by atoms with Gasteiger partial charge in [-0.3, -0.25) is 0 Å². The molecule has 2 heterocycles. The second kappa shape index (κ2) is 12.0. The van der Waals surface area contributed by atoms with E-state index >= 15 is 0 Å². The zero-order valence-corrected chi connectivity index (χ0v) is 21.7. The van der Waals surface area contributed by atoms with E-state index in [-0.39, 0.29) is 5.75 Å². The van der Waals surface area contributed by atoms with Gasteiger partial charge in [-0.1, -0.05) is 37.3 Å². The number of benzene rings is 2. The summed E-state index contributed by atoms with van der Waals surface area (Å²) in [5.41, 5.74) is 5.62. The minimum atomic E-state index is -3.25. The number of nitrogens with zero attached hydrogens (tertiary/aromatic N) is 3. The lowest BCUT2D eigenvalue weighted by molar-refractivity contribution is 0.309. The fraction of sp³-hybridized carbons (Fsp3) is 0.407. The molecule has 6 nitrogen and oxygen atoms in total. The van der Waals surface area contributed by atoms with Gasteiger partial charge in [-0.25, -0.2) is 18.4 Å². The highest BCUT2D eigenvalue weighted by atomic mass is 35.5. The Morgan fingerprint density at radius 2 is 1.77 bits per heavy atom. The van der Waals surface area contributed by atoms with Crippen LogP contribution in [-0.4, -0.2) is 47.5 Å². The predicted molar refractivity (Wildman–Crippen MR) is 140 cm³/mol. The highest BCUT2D eigenvalue weighted by Crippen LogP contribution is 2.26. The van der Waals surface area contributed by atoms with Crippen LogP contribution in [-0.2, 0) is 35.8 Å². The number of sulfonamides is 1. The van der Waals surface area contributed by atoms with Crippen LogP contribution in [0, 0.1) is 0 Å². The molecule has 0 saturated heterocycles. The number of ether oxygens (including phenoxy) is 1. The summed E-state index contributed by atoms with van der Waals surface area (Å²) < 4.78 is 32.5. The second-order valence-electron chi connectivity index (χ2n) is 8.79. The quantitative estimate of drug-likeness (QED) is 0.265. The third-order valence-corrected chi connectivity index (χ3v) is 8.46. The topological polar surface area (TPSA) is 72.4 Å². The van der Waals surface area contributed by atoms with Crippen molar-refractivity contribution in [2.24, 2.45) is 0 Å². The molecule has 0 atom stereocenters. The first kappa shape index (κ1) is 25.6. The molecule has 0 bridgehead atoms. The molecule has 0 unspecified atom stereocenters. The van der Waals surface area contributed by atoms with Crippen molar-refractivity contribution in [1.82, 2.24) is 14.3 Å². The van der Waals surface area contributed by atoms with Crippen LogP contribution in [0.2, 0.25) is 0 Å². The summed E-state index contributed by atoms with van der Waals surface area (Å²) in [5.74, 6) is 2.05. The van der Waals surface area contributed by atoms with Crippen molar-refractivity contribution >= 4 is 21.6 Å². The highest BCUT2D eigenvalue weighted by molar-refractivity contribution is 7.89. The van der Waals surface area contributed by atoms with E-state index in [1.54, 1.807) is 4.31 Å². The van der Waals surface area contributed by atoms with Gasteiger partial charge >= 0.3 is 0 Å². The van der Waals surface area contributed by atoms with Crippen molar-refractivity contribution in [3.8, 4) is 17.1 Å². The van der Waals surface area contributed by atoms with E-state index in [1.165, 1.54) is 5.56 Å². The van der Waals surface area contributed by atoms with E-state index in [0.717, 1.165) is 53.1 Å². The summed E-state index contributed by atoms with van der Waals surface area (Å²) in [6.45, 7) is 3.65. The number of rotatable bonds is 11. The predicted octanol–water partition coefficient (Wildman–Crippen LogP) is 5.03. The molecule has 8 heteroatoms. The summed E-state index contributed by atoms with van der Waals surface area (Å²) in [7, 11) is -3.25. The van der Waals surface area contributed by atoms with Gasteiger partial charge in [0.05, 0.1) is 12.4 Å². The maximum Gasteiger partial charge on any atom is 0.214 e. The average molecular weight is 514 g/mol. The van der Waals surface area contributed by atoms with Crippen LogP contribution in [0.15, 0.2) is 54.9 Å². The minimum Gasteiger partial charge on any atom is -0.494 e. The van der Waals surface area contributed by atoms with Gasteiger partial charge in [-0.2, -0.15) is 4.31 Å². The molecular formula is C27H32ClN3O3S. The molecule has 4 rings (SSSR count). The zero-order chi connectivity index (χ0) is 24.7. The third kappa shape index (κ3) is 6.81. The lowest BCUT2D eigenvalue weighted by atomic mass is 10.0. The SMILES string of the molecule is CCc1cnc(-c2ccc(CCCOc3ccc4c(c3)CCN(S(=O)(=O)CCCCl)C4)cc2)nc1. The molecule has 35 heavy (non-hydrogen) atoms. The Morgan fingerprint density at radius 3 is 2.49 bits per heavy atom. The molecule has 0 aliphatic carbocycles. The van der Waals surface area contributed by atoms with Gasteiger partial charge in [0.15, 0.2) is 5.82 Å². The van der Waals surface area contributed by atoms with Gasteiger partial charge in [-0.15, -0.1) is 11.6 Å². The summed E-state index contributed by atoms with van der Waals surface area (Å²) in [6, 6.07) is 14.4. The van der Waals surface area contributed by atoms with Gasteiger partial charge in [0.25, 0.3) is 0 Å². The van der Waals surface area contributed by atoms with Crippen molar-refractivity contribution < 1.29 is 13.2 Å². The highest BCUT2D eigenvalue weighted by Gasteiger charge is 2.26. The summed E-state index contributed by atoms with van der Waals surface area (Å²) in [5, 5.41) is 0. The molecule has 2 aromatic carbocycles. The summed E-state index contributed by atoms with van der Waals surface area (Å²) in [6.07, 6.45) is 7.71. The third-order valence-electron chi connectivity index (χ3n) is 6.29. The van der Waals surface area contributed by atoms with Crippen LogP contribution in [0.25, 0.3) is 11.4 Å². The summed E-state index contributed by atoms with van der Waals surface area (Å²) in [4.78, 5) is 8.90. The van der Waals surface area contributed by atoms with Gasteiger partial charge in [0.1, 0.15) is 5.75 Å². The van der Waals surface area contributed by atoms with E-state index in [9.17, 15) is 8.42 Å². The van der Waals surface area contributed by atoms with Crippen molar-refractivity contribution in [1.29, 1.82) is 0 Å².